The highest BCUT2D eigenvalue weighted by Crippen LogP contribution is 2.08. The number of likely N-dealkylation sites (N-methyl/N-ethyl adjacent to an activating group) is 1. The molecule has 1 amide bonds. The predicted molar refractivity (Wildman–Crippen MR) is 80.5 cm³/mol. The summed E-state index contributed by atoms with van der Waals surface area (Å²) in [6.07, 6.45) is 0. The van der Waals surface area contributed by atoms with E-state index in [1.807, 2.05) is 37.3 Å². The van der Waals surface area contributed by atoms with E-state index in [1.54, 1.807) is 18.0 Å². The van der Waals surface area contributed by atoms with E-state index in [-0.39, 0.29) is 12.5 Å². The summed E-state index contributed by atoms with van der Waals surface area (Å²) in [5.74, 6) is 1.40. The second kappa shape index (κ2) is 8.19. The van der Waals surface area contributed by atoms with E-state index >= 15 is 0 Å². The van der Waals surface area contributed by atoms with Gasteiger partial charge in [-0.3, -0.25) is 4.79 Å². The Morgan fingerprint density at radius 1 is 1.27 bits per heavy atom. The Kier molecular flexibility index (Phi) is 5.97. The molecule has 0 bridgehead atoms. The van der Waals surface area contributed by atoms with E-state index < -0.39 is 0 Å². The summed E-state index contributed by atoms with van der Waals surface area (Å²) in [5.41, 5.74) is 0.723. The Labute approximate surface area is 129 Å². The number of nitrogens with zero attached hydrogens (tertiary/aromatic N) is 2. The zero-order valence-corrected chi connectivity index (χ0v) is 12.8. The van der Waals surface area contributed by atoms with Gasteiger partial charge < -0.3 is 18.9 Å². The van der Waals surface area contributed by atoms with Gasteiger partial charge in [0, 0.05) is 13.1 Å². The molecule has 1 aromatic heterocycles. The van der Waals surface area contributed by atoms with Gasteiger partial charge in [-0.1, -0.05) is 23.4 Å². The van der Waals surface area contributed by atoms with Crippen molar-refractivity contribution < 1.29 is 18.8 Å². The molecule has 0 aliphatic heterocycles. The highest BCUT2D eigenvalue weighted by atomic mass is 16.5. The molecule has 0 unspecified atom stereocenters. The molecule has 2 rings (SSSR count). The van der Waals surface area contributed by atoms with Gasteiger partial charge in [0.05, 0.1) is 13.2 Å². The van der Waals surface area contributed by atoms with Crippen LogP contribution in [-0.4, -0.2) is 42.8 Å². The molecule has 0 saturated carbocycles. The Morgan fingerprint density at radius 3 is 2.73 bits per heavy atom. The van der Waals surface area contributed by atoms with Crippen LogP contribution in [0, 0.1) is 6.92 Å². The largest absolute Gasteiger partial charge is 0.491 e. The van der Waals surface area contributed by atoms with Crippen LogP contribution in [-0.2, 0) is 16.1 Å². The molecule has 2 aromatic rings. The first-order valence-corrected chi connectivity index (χ1v) is 7.07. The maximum absolute atomic E-state index is 11.9. The summed E-state index contributed by atoms with van der Waals surface area (Å²) in [5, 5.41) is 3.85. The maximum Gasteiger partial charge on any atom is 0.248 e. The summed E-state index contributed by atoms with van der Waals surface area (Å²) in [4.78, 5) is 13.4. The van der Waals surface area contributed by atoms with Gasteiger partial charge in [-0.25, -0.2) is 0 Å². The number of para-hydroxylation sites is 1. The summed E-state index contributed by atoms with van der Waals surface area (Å²) < 4.78 is 15.8. The molecule has 1 heterocycles. The second-order valence-corrected chi connectivity index (χ2v) is 4.89. The minimum absolute atomic E-state index is 0.0193. The number of hydrogen-bond acceptors (Lipinski definition) is 5. The monoisotopic (exact) mass is 304 g/mol. The highest BCUT2D eigenvalue weighted by molar-refractivity contribution is 5.77. The molecule has 0 saturated heterocycles. The summed E-state index contributed by atoms with van der Waals surface area (Å²) in [7, 11) is 1.70. The van der Waals surface area contributed by atoms with Crippen molar-refractivity contribution in [3.63, 3.8) is 0 Å². The van der Waals surface area contributed by atoms with Crippen LogP contribution in [0.15, 0.2) is 40.9 Å². The Hall–Kier alpha value is -2.34. The van der Waals surface area contributed by atoms with Crippen LogP contribution in [0.1, 0.15) is 11.5 Å². The van der Waals surface area contributed by atoms with Crippen molar-refractivity contribution in [1.29, 1.82) is 0 Å². The lowest BCUT2D eigenvalue weighted by Crippen LogP contribution is -2.30. The van der Waals surface area contributed by atoms with Crippen molar-refractivity contribution >= 4 is 5.91 Å². The first-order chi connectivity index (χ1) is 10.6. The zero-order chi connectivity index (χ0) is 15.8. The van der Waals surface area contributed by atoms with Crippen molar-refractivity contribution in [2.75, 3.05) is 26.9 Å². The number of aryl methyl sites for hydroxylation is 1. The van der Waals surface area contributed by atoms with Gasteiger partial charge in [0.15, 0.2) is 0 Å². The van der Waals surface area contributed by atoms with Crippen LogP contribution in [0.5, 0.6) is 5.75 Å². The first kappa shape index (κ1) is 16.0. The number of carbonyl (C=O) groups is 1. The van der Waals surface area contributed by atoms with E-state index in [0.717, 1.165) is 17.2 Å². The van der Waals surface area contributed by atoms with Crippen molar-refractivity contribution in [3.05, 3.63) is 47.9 Å². The van der Waals surface area contributed by atoms with Crippen molar-refractivity contribution in [3.8, 4) is 5.75 Å². The summed E-state index contributed by atoms with van der Waals surface area (Å²) in [6, 6.07) is 11.3. The van der Waals surface area contributed by atoms with Crippen molar-refractivity contribution in [2.45, 2.75) is 13.5 Å². The smallest absolute Gasteiger partial charge is 0.248 e. The van der Waals surface area contributed by atoms with E-state index in [4.69, 9.17) is 14.0 Å². The number of rotatable bonds is 8. The molecular formula is C16H20N2O4. The predicted octanol–water partition coefficient (Wildman–Crippen LogP) is 2.04. The molecule has 6 heteroatoms. The van der Waals surface area contributed by atoms with Gasteiger partial charge in [-0.15, -0.1) is 0 Å². The van der Waals surface area contributed by atoms with Crippen LogP contribution in [0.25, 0.3) is 0 Å². The van der Waals surface area contributed by atoms with Crippen molar-refractivity contribution in [1.82, 2.24) is 10.1 Å². The lowest BCUT2D eigenvalue weighted by atomic mass is 10.3. The summed E-state index contributed by atoms with van der Waals surface area (Å²) in [6.45, 7) is 3.00. The molecule has 0 aliphatic carbocycles. The minimum atomic E-state index is -0.111. The molecule has 118 valence electrons. The van der Waals surface area contributed by atoms with Crippen LogP contribution >= 0.6 is 0 Å². The van der Waals surface area contributed by atoms with Gasteiger partial charge in [-0.05, 0) is 19.1 Å². The molecule has 0 aliphatic rings. The average Bonchev–Trinajstić information content (AvgIpc) is 2.92. The maximum atomic E-state index is 11.9. The Balaban J connectivity index is 1.61. The average molecular weight is 304 g/mol. The molecule has 22 heavy (non-hydrogen) atoms. The van der Waals surface area contributed by atoms with Gasteiger partial charge in [0.2, 0.25) is 5.91 Å². The van der Waals surface area contributed by atoms with E-state index in [9.17, 15) is 4.79 Å². The molecule has 0 N–H and O–H groups in total. The molecular weight excluding hydrogens is 284 g/mol. The molecule has 0 fully saturated rings. The summed E-state index contributed by atoms with van der Waals surface area (Å²) >= 11 is 0. The fourth-order valence-electron chi connectivity index (χ4n) is 1.83. The first-order valence-electron chi connectivity index (χ1n) is 7.07. The van der Waals surface area contributed by atoms with Gasteiger partial charge >= 0.3 is 0 Å². The number of amides is 1. The van der Waals surface area contributed by atoms with E-state index in [2.05, 4.69) is 5.16 Å². The third-order valence-electron chi connectivity index (χ3n) is 2.97. The number of aromatic nitrogens is 1. The zero-order valence-electron chi connectivity index (χ0n) is 12.8. The lowest BCUT2D eigenvalue weighted by Gasteiger charge is -2.15. The molecule has 0 spiro atoms. The van der Waals surface area contributed by atoms with E-state index in [1.165, 1.54) is 0 Å². The number of hydrogen-bond donors (Lipinski definition) is 0. The van der Waals surface area contributed by atoms with Crippen LogP contribution in [0.3, 0.4) is 0 Å². The second-order valence-electron chi connectivity index (χ2n) is 4.89. The molecule has 0 atom stereocenters. The fraction of sp³-hybridized carbons (Fsp3) is 0.375. The van der Waals surface area contributed by atoms with Crippen LogP contribution in [0.4, 0.5) is 0 Å². The molecule has 6 nitrogen and oxygen atoms in total. The quantitative estimate of drug-likeness (QED) is 0.698. The minimum Gasteiger partial charge on any atom is -0.491 e. The third kappa shape index (κ3) is 5.21. The van der Waals surface area contributed by atoms with Gasteiger partial charge in [0.25, 0.3) is 0 Å². The topological polar surface area (TPSA) is 64.8 Å². The fourth-order valence-corrected chi connectivity index (χ4v) is 1.83. The van der Waals surface area contributed by atoms with Crippen LogP contribution in [0.2, 0.25) is 0 Å². The van der Waals surface area contributed by atoms with E-state index in [0.29, 0.717) is 19.8 Å². The Morgan fingerprint density at radius 2 is 2.05 bits per heavy atom. The Bertz CT molecular complexity index is 583. The number of benzene rings is 1. The standard InChI is InChI=1S/C16H20N2O4/c1-13-10-14(17-22-13)11-18(2)16(19)12-20-8-9-21-15-6-4-3-5-7-15/h3-7,10H,8-9,11-12H2,1-2H3. The lowest BCUT2D eigenvalue weighted by molar-refractivity contribution is -0.135. The normalized spacial score (nSPS) is 10.5. The van der Waals surface area contributed by atoms with Gasteiger partial charge in [-0.2, -0.15) is 0 Å². The third-order valence-corrected chi connectivity index (χ3v) is 2.97. The number of carbonyl (C=O) groups excluding carboxylic acids is 1. The molecule has 1 aromatic carbocycles. The highest BCUT2D eigenvalue weighted by Gasteiger charge is 2.11. The SMILES string of the molecule is Cc1cc(CN(C)C(=O)COCCOc2ccccc2)no1. The molecule has 0 radical (unpaired) electrons. The van der Waals surface area contributed by atoms with Crippen molar-refractivity contribution in [2.24, 2.45) is 0 Å². The van der Waals surface area contributed by atoms with Gasteiger partial charge in [0.1, 0.15) is 30.4 Å². The number of ether oxygens (including phenoxy) is 2. The van der Waals surface area contributed by atoms with Crippen LogP contribution < -0.4 is 4.74 Å².